The minimum atomic E-state index is -0.275. The standard InChI is InChI=1S/C12H22O3/c1-7-9(2)11(13)15-10(3)8-14-12(4,5)6/h7,10H,8H2,1-6H3/b9-7+. The monoisotopic (exact) mass is 214 g/mol. The van der Waals surface area contributed by atoms with Crippen LogP contribution in [0.2, 0.25) is 0 Å². The van der Waals surface area contributed by atoms with Crippen LogP contribution in [0.15, 0.2) is 11.6 Å². The quantitative estimate of drug-likeness (QED) is 0.533. The van der Waals surface area contributed by atoms with Crippen LogP contribution in [0.4, 0.5) is 0 Å². The Balaban J connectivity index is 3.95. The second kappa shape index (κ2) is 5.91. The lowest BCUT2D eigenvalue weighted by Crippen LogP contribution is -2.27. The van der Waals surface area contributed by atoms with Crippen molar-refractivity contribution >= 4 is 5.97 Å². The number of carbonyl (C=O) groups is 1. The average molecular weight is 214 g/mol. The van der Waals surface area contributed by atoms with E-state index in [1.54, 1.807) is 13.0 Å². The lowest BCUT2D eigenvalue weighted by atomic mass is 10.2. The van der Waals surface area contributed by atoms with E-state index >= 15 is 0 Å². The van der Waals surface area contributed by atoms with Gasteiger partial charge in [-0.2, -0.15) is 0 Å². The van der Waals surface area contributed by atoms with Crippen molar-refractivity contribution in [2.75, 3.05) is 6.61 Å². The Morgan fingerprint density at radius 3 is 2.33 bits per heavy atom. The van der Waals surface area contributed by atoms with Crippen molar-refractivity contribution in [1.29, 1.82) is 0 Å². The summed E-state index contributed by atoms with van der Waals surface area (Å²) in [4.78, 5) is 11.4. The van der Waals surface area contributed by atoms with E-state index in [9.17, 15) is 4.79 Å². The molecule has 0 aliphatic carbocycles. The highest BCUT2D eigenvalue weighted by Crippen LogP contribution is 2.09. The number of allylic oxidation sites excluding steroid dienone is 1. The number of rotatable bonds is 4. The maximum absolute atomic E-state index is 11.4. The molecule has 0 bridgehead atoms. The van der Waals surface area contributed by atoms with Gasteiger partial charge in [0.05, 0.1) is 12.2 Å². The van der Waals surface area contributed by atoms with E-state index in [0.717, 1.165) is 0 Å². The van der Waals surface area contributed by atoms with E-state index in [1.807, 2.05) is 34.6 Å². The lowest BCUT2D eigenvalue weighted by molar-refractivity contribution is -0.149. The third kappa shape index (κ3) is 7.14. The average Bonchev–Trinajstić information content (AvgIpc) is 2.12. The van der Waals surface area contributed by atoms with Gasteiger partial charge in [0.2, 0.25) is 0 Å². The minimum absolute atomic E-state index is 0.198. The fourth-order valence-corrected chi connectivity index (χ4v) is 0.795. The van der Waals surface area contributed by atoms with Crippen molar-refractivity contribution in [3.05, 3.63) is 11.6 Å². The van der Waals surface area contributed by atoms with Gasteiger partial charge in [-0.05, 0) is 41.5 Å². The maximum atomic E-state index is 11.4. The maximum Gasteiger partial charge on any atom is 0.333 e. The summed E-state index contributed by atoms with van der Waals surface area (Å²) >= 11 is 0. The zero-order chi connectivity index (χ0) is 12.1. The van der Waals surface area contributed by atoms with E-state index < -0.39 is 0 Å². The van der Waals surface area contributed by atoms with Gasteiger partial charge in [0.25, 0.3) is 0 Å². The summed E-state index contributed by atoms with van der Waals surface area (Å²) in [5.41, 5.74) is 0.425. The molecule has 3 heteroatoms. The van der Waals surface area contributed by atoms with Gasteiger partial charge < -0.3 is 9.47 Å². The van der Waals surface area contributed by atoms with Crippen LogP contribution in [0, 0.1) is 0 Å². The van der Waals surface area contributed by atoms with Gasteiger partial charge in [-0.1, -0.05) is 6.08 Å². The molecule has 0 saturated heterocycles. The second-order valence-electron chi connectivity index (χ2n) is 4.61. The molecule has 15 heavy (non-hydrogen) atoms. The molecule has 0 fully saturated rings. The van der Waals surface area contributed by atoms with E-state index in [1.165, 1.54) is 0 Å². The largest absolute Gasteiger partial charge is 0.457 e. The number of ether oxygens (including phenoxy) is 2. The highest BCUT2D eigenvalue weighted by atomic mass is 16.6. The number of carbonyl (C=O) groups excluding carboxylic acids is 1. The van der Waals surface area contributed by atoms with Crippen molar-refractivity contribution < 1.29 is 14.3 Å². The lowest BCUT2D eigenvalue weighted by Gasteiger charge is -2.22. The molecule has 0 radical (unpaired) electrons. The van der Waals surface area contributed by atoms with Crippen LogP contribution in [0.1, 0.15) is 41.5 Å². The zero-order valence-corrected chi connectivity index (χ0v) is 10.6. The Hall–Kier alpha value is -0.830. The SMILES string of the molecule is C/C=C(\C)C(=O)OC(C)COC(C)(C)C. The summed E-state index contributed by atoms with van der Waals surface area (Å²) < 4.78 is 10.7. The van der Waals surface area contributed by atoms with Gasteiger partial charge in [-0.3, -0.25) is 0 Å². The second-order valence-corrected chi connectivity index (χ2v) is 4.61. The van der Waals surface area contributed by atoms with E-state index in [4.69, 9.17) is 9.47 Å². The summed E-state index contributed by atoms with van der Waals surface area (Å²) in [5, 5.41) is 0. The summed E-state index contributed by atoms with van der Waals surface area (Å²) in [7, 11) is 0. The summed E-state index contributed by atoms with van der Waals surface area (Å²) in [6.07, 6.45) is 1.52. The smallest absolute Gasteiger partial charge is 0.333 e. The predicted molar refractivity (Wildman–Crippen MR) is 60.7 cm³/mol. The molecule has 0 aromatic carbocycles. The van der Waals surface area contributed by atoms with Gasteiger partial charge in [0.1, 0.15) is 6.10 Å². The molecule has 0 saturated carbocycles. The Morgan fingerprint density at radius 2 is 1.93 bits per heavy atom. The molecule has 0 aromatic rings. The van der Waals surface area contributed by atoms with E-state index in [-0.39, 0.29) is 17.7 Å². The highest BCUT2D eigenvalue weighted by Gasteiger charge is 2.15. The number of hydrogen-bond donors (Lipinski definition) is 0. The molecule has 0 aliphatic rings. The van der Waals surface area contributed by atoms with E-state index in [0.29, 0.717) is 12.2 Å². The topological polar surface area (TPSA) is 35.5 Å². The molecular formula is C12H22O3. The van der Waals surface area contributed by atoms with Gasteiger partial charge in [-0.25, -0.2) is 4.79 Å². The Morgan fingerprint density at radius 1 is 1.40 bits per heavy atom. The van der Waals surface area contributed by atoms with Gasteiger partial charge in [0, 0.05) is 5.57 Å². The first-order chi connectivity index (χ1) is 6.76. The summed E-state index contributed by atoms with van der Waals surface area (Å²) in [6.45, 7) is 11.7. The minimum Gasteiger partial charge on any atom is -0.457 e. The third-order valence-corrected chi connectivity index (χ3v) is 1.81. The molecule has 0 amide bonds. The zero-order valence-electron chi connectivity index (χ0n) is 10.6. The van der Waals surface area contributed by atoms with Gasteiger partial charge >= 0.3 is 5.97 Å². The predicted octanol–water partition coefficient (Wildman–Crippen LogP) is 2.70. The van der Waals surface area contributed by atoms with Crippen LogP contribution in [0.3, 0.4) is 0 Å². The van der Waals surface area contributed by atoms with Crippen LogP contribution in [-0.2, 0) is 14.3 Å². The first kappa shape index (κ1) is 14.2. The van der Waals surface area contributed by atoms with Crippen LogP contribution in [0.25, 0.3) is 0 Å². The summed E-state index contributed by atoms with van der Waals surface area (Å²) in [5.74, 6) is -0.275. The van der Waals surface area contributed by atoms with Gasteiger partial charge in [-0.15, -0.1) is 0 Å². The fraction of sp³-hybridized carbons (Fsp3) is 0.750. The molecule has 0 N–H and O–H groups in total. The Labute approximate surface area is 92.5 Å². The fourth-order valence-electron chi connectivity index (χ4n) is 0.795. The molecule has 3 nitrogen and oxygen atoms in total. The molecule has 0 spiro atoms. The van der Waals surface area contributed by atoms with Crippen LogP contribution < -0.4 is 0 Å². The highest BCUT2D eigenvalue weighted by molar-refractivity contribution is 5.87. The Kier molecular flexibility index (Phi) is 5.58. The van der Waals surface area contributed by atoms with Crippen molar-refractivity contribution in [2.24, 2.45) is 0 Å². The Bertz CT molecular complexity index is 236. The number of esters is 1. The number of hydrogen-bond acceptors (Lipinski definition) is 3. The molecule has 0 aromatic heterocycles. The van der Waals surface area contributed by atoms with Crippen molar-refractivity contribution in [3.8, 4) is 0 Å². The van der Waals surface area contributed by atoms with Crippen molar-refractivity contribution in [1.82, 2.24) is 0 Å². The van der Waals surface area contributed by atoms with Crippen molar-refractivity contribution in [3.63, 3.8) is 0 Å². The van der Waals surface area contributed by atoms with Gasteiger partial charge in [0.15, 0.2) is 0 Å². The van der Waals surface area contributed by atoms with Crippen LogP contribution in [0.5, 0.6) is 0 Å². The summed E-state index contributed by atoms with van der Waals surface area (Å²) in [6, 6.07) is 0. The molecule has 1 unspecified atom stereocenters. The molecule has 0 aliphatic heterocycles. The van der Waals surface area contributed by atoms with Crippen LogP contribution in [-0.4, -0.2) is 24.3 Å². The van der Waals surface area contributed by atoms with E-state index in [2.05, 4.69) is 0 Å². The normalized spacial score (nSPS) is 14.9. The van der Waals surface area contributed by atoms with Crippen molar-refractivity contribution in [2.45, 2.75) is 53.2 Å². The first-order valence-corrected chi connectivity index (χ1v) is 5.24. The molecule has 88 valence electrons. The molecular weight excluding hydrogens is 192 g/mol. The molecule has 0 heterocycles. The van der Waals surface area contributed by atoms with Crippen LogP contribution >= 0.6 is 0 Å². The third-order valence-electron chi connectivity index (χ3n) is 1.81. The molecule has 0 rings (SSSR count). The first-order valence-electron chi connectivity index (χ1n) is 5.24. The molecule has 1 atom stereocenters.